The summed E-state index contributed by atoms with van der Waals surface area (Å²) in [6, 6.07) is 6.13. The fourth-order valence-electron chi connectivity index (χ4n) is 1.72. The molecule has 0 fully saturated rings. The van der Waals surface area contributed by atoms with Crippen LogP contribution >= 0.6 is 0 Å². The van der Waals surface area contributed by atoms with Crippen molar-refractivity contribution < 1.29 is 14.6 Å². The molecule has 1 unspecified atom stereocenters. The molecule has 0 spiro atoms. The van der Waals surface area contributed by atoms with Crippen molar-refractivity contribution in [2.75, 3.05) is 25.6 Å². The predicted octanol–water partition coefficient (Wildman–Crippen LogP) is 1.66. The number of nitrogens with zero attached hydrogens (tertiary/aromatic N) is 1. The topological polar surface area (TPSA) is 49.8 Å². The van der Waals surface area contributed by atoms with Gasteiger partial charge in [-0.25, -0.2) is 0 Å². The van der Waals surface area contributed by atoms with Crippen LogP contribution in [0.1, 0.15) is 17.5 Å². The van der Waals surface area contributed by atoms with Crippen molar-refractivity contribution in [3.63, 3.8) is 0 Å². The van der Waals surface area contributed by atoms with Gasteiger partial charge in [0.2, 0.25) is 0 Å². The number of likely N-dealkylation sites (N-methyl/N-ethyl adjacent to an activating group) is 1. The van der Waals surface area contributed by atoms with E-state index in [2.05, 4.69) is 24.7 Å². The lowest BCUT2D eigenvalue weighted by Gasteiger charge is -2.23. The number of esters is 1. The van der Waals surface area contributed by atoms with Gasteiger partial charge in [-0.15, -0.1) is 0 Å². The van der Waals surface area contributed by atoms with Crippen LogP contribution < -0.4 is 4.90 Å². The molecule has 0 saturated carbocycles. The molecule has 0 saturated heterocycles. The third-order valence-corrected chi connectivity index (χ3v) is 3.05. The molecule has 4 heteroatoms. The molecule has 100 valence electrons. The van der Waals surface area contributed by atoms with Crippen LogP contribution in [0.25, 0.3) is 0 Å². The second-order valence-electron chi connectivity index (χ2n) is 4.58. The number of methoxy groups -OCH3 is 1. The first-order valence-corrected chi connectivity index (χ1v) is 5.97. The van der Waals surface area contributed by atoms with Crippen molar-refractivity contribution in [3.8, 4) is 0 Å². The van der Waals surface area contributed by atoms with Crippen molar-refractivity contribution in [3.05, 3.63) is 29.3 Å². The van der Waals surface area contributed by atoms with E-state index in [4.69, 9.17) is 0 Å². The summed E-state index contributed by atoms with van der Waals surface area (Å²) >= 11 is 0. The molecule has 1 aromatic rings. The number of carbonyl (C=O) groups excluding carboxylic acids is 1. The van der Waals surface area contributed by atoms with Gasteiger partial charge in [0.15, 0.2) is 0 Å². The molecule has 18 heavy (non-hydrogen) atoms. The van der Waals surface area contributed by atoms with Gasteiger partial charge in [-0.1, -0.05) is 6.07 Å². The third-order valence-electron chi connectivity index (χ3n) is 3.05. The molecule has 1 rings (SSSR count). The first kappa shape index (κ1) is 14.5. The molecule has 1 atom stereocenters. The molecule has 0 aliphatic carbocycles. The zero-order valence-electron chi connectivity index (χ0n) is 11.4. The van der Waals surface area contributed by atoms with Crippen LogP contribution in [0.5, 0.6) is 0 Å². The number of rotatable bonds is 5. The van der Waals surface area contributed by atoms with Gasteiger partial charge < -0.3 is 14.7 Å². The summed E-state index contributed by atoms with van der Waals surface area (Å²) in [7, 11) is 3.21. The highest BCUT2D eigenvalue weighted by Crippen LogP contribution is 2.18. The van der Waals surface area contributed by atoms with E-state index >= 15 is 0 Å². The summed E-state index contributed by atoms with van der Waals surface area (Å²) in [5.41, 5.74) is 3.48. The summed E-state index contributed by atoms with van der Waals surface area (Å²) in [5, 5.41) is 9.76. The van der Waals surface area contributed by atoms with E-state index in [1.807, 2.05) is 24.1 Å². The van der Waals surface area contributed by atoms with Crippen LogP contribution in [0.3, 0.4) is 0 Å². The molecule has 0 bridgehead atoms. The molecule has 0 aliphatic rings. The predicted molar refractivity (Wildman–Crippen MR) is 71.8 cm³/mol. The average molecular weight is 251 g/mol. The van der Waals surface area contributed by atoms with Crippen LogP contribution in [0, 0.1) is 13.8 Å². The maximum Gasteiger partial charge on any atom is 0.308 e. The zero-order chi connectivity index (χ0) is 13.7. The second kappa shape index (κ2) is 6.40. The molecule has 0 amide bonds. The third kappa shape index (κ3) is 4.04. The summed E-state index contributed by atoms with van der Waals surface area (Å²) in [5.74, 6) is -0.393. The van der Waals surface area contributed by atoms with E-state index in [0.717, 1.165) is 5.69 Å². The maximum absolute atomic E-state index is 11.0. The van der Waals surface area contributed by atoms with Gasteiger partial charge in [0, 0.05) is 19.3 Å². The fraction of sp³-hybridized carbons (Fsp3) is 0.500. The van der Waals surface area contributed by atoms with Gasteiger partial charge in [-0.3, -0.25) is 4.79 Å². The summed E-state index contributed by atoms with van der Waals surface area (Å²) in [4.78, 5) is 13.0. The van der Waals surface area contributed by atoms with Gasteiger partial charge in [-0.05, 0) is 37.1 Å². The Kier molecular flexibility index (Phi) is 5.16. The largest absolute Gasteiger partial charge is 0.469 e. The minimum atomic E-state index is -0.718. The highest BCUT2D eigenvalue weighted by atomic mass is 16.5. The Morgan fingerprint density at radius 2 is 2.06 bits per heavy atom. The van der Waals surface area contributed by atoms with Gasteiger partial charge in [0.05, 0.1) is 19.6 Å². The monoisotopic (exact) mass is 251 g/mol. The van der Waals surface area contributed by atoms with Crippen molar-refractivity contribution >= 4 is 11.7 Å². The van der Waals surface area contributed by atoms with E-state index in [1.54, 1.807) is 0 Å². The molecular formula is C14H21NO3. The Morgan fingerprint density at radius 1 is 1.39 bits per heavy atom. The fourth-order valence-corrected chi connectivity index (χ4v) is 1.72. The molecule has 1 N–H and O–H groups in total. The Labute approximate surface area is 108 Å². The van der Waals surface area contributed by atoms with Crippen molar-refractivity contribution in [2.45, 2.75) is 26.4 Å². The molecule has 0 heterocycles. The Morgan fingerprint density at radius 3 is 2.61 bits per heavy atom. The minimum absolute atomic E-state index is 0.0195. The highest BCUT2D eigenvalue weighted by molar-refractivity contribution is 5.69. The lowest BCUT2D eigenvalue weighted by molar-refractivity contribution is -0.142. The minimum Gasteiger partial charge on any atom is -0.469 e. The molecular weight excluding hydrogens is 230 g/mol. The van der Waals surface area contributed by atoms with Gasteiger partial charge >= 0.3 is 5.97 Å². The normalized spacial score (nSPS) is 12.1. The number of hydrogen-bond donors (Lipinski definition) is 1. The van der Waals surface area contributed by atoms with E-state index in [0.29, 0.717) is 6.54 Å². The smallest absolute Gasteiger partial charge is 0.308 e. The van der Waals surface area contributed by atoms with Gasteiger partial charge in [0.25, 0.3) is 0 Å². The Hall–Kier alpha value is -1.55. The zero-order valence-corrected chi connectivity index (χ0v) is 11.4. The first-order valence-electron chi connectivity index (χ1n) is 5.97. The highest BCUT2D eigenvalue weighted by Gasteiger charge is 2.14. The Balaban J connectivity index is 2.61. The van der Waals surface area contributed by atoms with Crippen LogP contribution in [-0.4, -0.2) is 37.9 Å². The maximum atomic E-state index is 11.0. The average Bonchev–Trinajstić information content (AvgIpc) is 2.32. The number of carbonyl (C=O) groups is 1. The SMILES string of the molecule is COC(=O)CC(O)CN(C)c1ccc(C)c(C)c1. The number of benzene rings is 1. The van der Waals surface area contributed by atoms with Crippen LogP contribution in [0.4, 0.5) is 5.69 Å². The number of ether oxygens (including phenoxy) is 1. The van der Waals surface area contributed by atoms with E-state index in [-0.39, 0.29) is 6.42 Å². The van der Waals surface area contributed by atoms with Crippen LogP contribution in [-0.2, 0) is 9.53 Å². The van der Waals surface area contributed by atoms with Crippen LogP contribution in [0.15, 0.2) is 18.2 Å². The summed E-state index contributed by atoms with van der Waals surface area (Å²) < 4.78 is 4.53. The summed E-state index contributed by atoms with van der Waals surface area (Å²) in [6.45, 7) is 4.51. The van der Waals surface area contributed by atoms with Crippen molar-refractivity contribution in [1.29, 1.82) is 0 Å². The second-order valence-corrected chi connectivity index (χ2v) is 4.58. The quantitative estimate of drug-likeness (QED) is 0.809. The lowest BCUT2D eigenvalue weighted by atomic mass is 10.1. The van der Waals surface area contributed by atoms with E-state index < -0.39 is 12.1 Å². The molecule has 1 aromatic carbocycles. The van der Waals surface area contributed by atoms with Gasteiger partial charge in [-0.2, -0.15) is 0 Å². The number of aryl methyl sites for hydroxylation is 2. The van der Waals surface area contributed by atoms with Gasteiger partial charge in [0.1, 0.15) is 0 Å². The lowest BCUT2D eigenvalue weighted by Crippen LogP contribution is -2.31. The summed E-state index contributed by atoms with van der Waals surface area (Å²) in [6.07, 6.45) is -0.699. The first-order chi connectivity index (χ1) is 8.43. The standard InChI is InChI=1S/C14H21NO3/c1-10-5-6-12(7-11(10)2)15(3)9-13(16)8-14(17)18-4/h5-7,13,16H,8-9H2,1-4H3. The molecule has 0 radical (unpaired) electrons. The Bertz CT molecular complexity index is 418. The number of aliphatic hydroxyl groups is 1. The number of anilines is 1. The van der Waals surface area contributed by atoms with Crippen molar-refractivity contribution in [2.24, 2.45) is 0 Å². The number of aliphatic hydroxyl groups excluding tert-OH is 1. The molecule has 0 aromatic heterocycles. The number of hydrogen-bond acceptors (Lipinski definition) is 4. The van der Waals surface area contributed by atoms with E-state index in [1.165, 1.54) is 18.2 Å². The molecule has 0 aliphatic heterocycles. The van der Waals surface area contributed by atoms with Crippen molar-refractivity contribution in [1.82, 2.24) is 0 Å². The van der Waals surface area contributed by atoms with Crippen LogP contribution in [0.2, 0.25) is 0 Å². The van der Waals surface area contributed by atoms with E-state index in [9.17, 15) is 9.90 Å². The molecule has 4 nitrogen and oxygen atoms in total.